The van der Waals surface area contributed by atoms with E-state index in [0.29, 0.717) is 29.2 Å². The Bertz CT molecular complexity index is 601. The maximum atomic E-state index is 12.5. The number of carbonyl (C=O) groups excluding carboxylic acids is 2. The lowest BCUT2D eigenvalue weighted by Crippen LogP contribution is -2.40. The van der Waals surface area contributed by atoms with Gasteiger partial charge in [-0.1, -0.05) is 11.6 Å². The molecule has 0 atom stereocenters. The van der Waals surface area contributed by atoms with Gasteiger partial charge in [-0.2, -0.15) is 0 Å². The lowest BCUT2D eigenvalue weighted by Gasteiger charge is -2.28. The molecule has 1 aliphatic carbocycles. The van der Waals surface area contributed by atoms with Crippen LogP contribution >= 0.6 is 11.6 Å². The van der Waals surface area contributed by atoms with Gasteiger partial charge in [0, 0.05) is 18.3 Å². The van der Waals surface area contributed by atoms with Crippen molar-refractivity contribution in [2.24, 2.45) is 5.73 Å². The van der Waals surface area contributed by atoms with Gasteiger partial charge in [0.15, 0.2) is 0 Å². The maximum absolute atomic E-state index is 12.5. The molecular formula is C16H23ClN4O3. The molecular weight excluding hydrogens is 332 g/mol. The molecule has 1 aromatic rings. The van der Waals surface area contributed by atoms with E-state index in [-0.39, 0.29) is 24.1 Å². The van der Waals surface area contributed by atoms with Crippen LogP contribution in [-0.4, -0.2) is 35.2 Å². The van der Waals surface area contributed by atoms with Gasteiger partial charge in [-0.3, -0.25) is 4.79 Å². The molecule has 8 heteroatoms. The molecule has 132 valence electrons. The zero-order valence-electron chi connectivity index (χ0n) is 13.8. The van der Waals surface area contributed by atoms with Crippen LogP contribution in [-0.2, 0) is 4.74 Å². The number of ether oxygens (including phenoxy) is 1. The van der Waals surface area contributed by atoms with Gasteiger partial charge in [-0.15, -0.1) is 0 Å². The van der Waals surface area contributed by atoms with E-state index in [2.05, 4.69) is 15.6 Å². The molecule has 0 aliphatic heterocycles. The minimum atomic E-state index is -0.751. The van der Waals surface area contributed by atoms with E-state index >= 15 is 0 Å². The van der Waals surface area contributed by atoms with Gasteiger partial charge in [0.2, 0.25) is 0 Å². The minimum Gasteiger partial charge on any atom is -0.446 e. The van der Waals surface area contributed by atoms with Crippen molar-refractivity contribution < 1.29 is 14.3 Å². The molecule has 0 aromatic carbocycles. The summed E-state index contributed by atoms with van der Waals surface area (Å²) in [6.45, 7) is 3.96. The number of aromatic nitrogens is 1. The van der Waals surface area contributed by atoms with Gasteiger partial charge < -0.3 is 21.1 Å². The van der Waals surface area contributed by atoms with Crippen molar-refractivity contribution in [2.75, 3.05) is 5.32 Å². The molecule has 0 saturated heterocycles. The fourth-order valence-electron chi connectivity index (χ4n) is 2.79. The summed E-state index contributed by atoms with van der Waals surface area (Å²) in [7, 11) is 0. The molecule has 7 nitrogen and oxygen atoms in total. The molecule has 1 saturated carbocycles. The average molecular weight is 355 g/mol. The van der Waals surface area contributed by atoms with E-state index in [9.17, 15) is 9.59 Å². The van der Waals surface area contributed by atoms with Crippen LogP contribution in [0, 0.1) is 0 Å². The van der Waals surface area contributed by atoms with Gasteiger partial charge in [0.05, 0.1) is 11.3 Å². The summed E-state index contributed by atoms with van der Waals surface area (Å²) >= 11 is 5.92. The molecule has 0 unspecified atom stereocenters. The van der Waals surface area contributed by atoms with Crippen LogP contribution < -0.4 is 16.4 Å². The summed E-state index contributed by atoms with van der Waals surface area (Å²) < 4.78 is 5.00. The Hall–Kier alpha value is -2.02. The van der Waals surface area contributed by atoms with E-state index in [0.717, 1.165) is 12.8 Å². The van der Waals surface area contributed by atoms with E-state index in [4.69, 9.17) is 22.1 Å². The topological polar surface area (TPSA) is 106 Å². The Morgan fingerprint density at radius 1 is 1.33 bits per heavy atom. The highest BCUT2D eigenvalue weighted by atomic mass is 35.5. The van der Waals surface area contributed by atoms with Gasteiger partial charge in [0.1, 0.15) is 11.3 Å². The maximum Gasteiger partial charge on any atom is 0.404 e. The number of primary amides is 1. The number of nitrogens with zero attached hydrogens (tertiary/aromatic N) is 1. The number of amides is 2. The number of nitrogens with two attached hydrogens (primary N) is 1. The summed E-state index contributed by atoms with van der Waals surface area (Å²) in [5, 5.41) is 6.54. The number of nitrogens with one attached hydrogen (secondary N) is 2. The zero-order chi connectivity index (χ0) is 17.7. The fraction of sp³-hybridized carbons (Fsp3) is 0.562. The van der Waals surface area contributed by atoms with Crippen LogP contribution in [0.3, 0.4) is 0 Å². The van der Waals surface area contributed by atoms with Gasteiger partial charge in [0.25, 0.3) is 5.91 Å². The van der Waals surface area contributed by atoms with E-state index < -0.39 is 6.09 Å². The van der Waals surface area contributed by atoms with Crippen LogP contribution in [0.25, 0.3) is 0 Å². The Morgan fingerprint density at radius 2 is 2.00 bits per heavy atom. The quantitative estimate of drug-likeness (QED) is 0.705. The van der Waals surface area contributed by atoms with Crippen molar-refractivity contribution in [2.45, 2.75) is 57.7 Å². The molecule has 2 amide bonds. The molecule has 0 spiro atoms. The zero-order valence-corrected chi connectivity index (χ0v) is 14.6. The first-order chi connectivity index (χ1) is 11.3. The van der Waals surface area contributed by atoms with Gasteiger partial charge in [-0.25, -0.2) is 9.78 Å². The third-order valence-electron chi connectivity index (χ3n) is 3.85. The van der Waals surface area contributed by atoms with Crippen LogP contribution in [0.15, 0.2) is 12.3 Å². The largest absolute Gasteiger partial charge is 0.446 e. The summed E-state index contributed by atoms with van der Waals surface area (Å²) in [6.07, 6.45) is 3.40. The highest BCUT2D eigenvalue weighted by Crippen LogP contribution is 2.23. The fourth-order valence-corrected chi connectivity index (χ4v) is 2.95. The first-order valence-corrected chi connectivity index (χ1v) is 8.42. The molecule has 4 N–H and O–H groups in total. The van der Waals surface area contributed by atoms with Crippen molar-refractivity contribution in [1.29, 1.82) is 0 Å². The number of anilines is 1. The van der Waals surface area contributed by atoms with Crippen molar-refractivity contribution in [3.63, 3.8) is 0 Å². The predicted molar refractivity (Wildman–Crippen MR) is 92.2 cm³/mol. The van der Waals surface area contributed by atoms with Crippen LogP contribution in [0.1, 0.15) is 49.9 Å². The van der Waals surface area contributed by atoms with Crippen LogP contribution in [0.5, 0.6) is 0 Å². The van der Waals surface area contributed by atoms with Crippen molar-refractivity contribution in [1.82, 2.24) is 10.3 Å². The molecule has 1 fully saturated rings. The Morgan fingerprint density at radius 3 is 2.58 bits per heavy atom. The third-order valence-corrected chi connectivity index (χ3v) is 4.06. The predicted octanol–water partition coefficient (Wildman–Crippen LogP) is 2.69. The lowest BCUT2D eigenvalue weighted by atomic mass is 9.92. The second kappa shape index (κ2) is 8.19. The first kappa shape index (κ1) is 18.3. The van der Waals surface area contributed by atoms with E-state index in [1.165, 1.54) is 6.20 Å². The van der Waals surface area contributed by atoms with Gasteiger partial charge in [-0.05, 0) is 45.6 Å². The summed E-state index contributed by atoms with van der Waals surface area (Å²) in [6, 6.07) is 1.85. The summed E-state index contributed by atoms with van der Waals surface area (Å²) in [5.41, 5.74) is 6.15. The minimum absolute atomic E-state index is 0.0350. The first-order valence-electron chi connectivity index (χ1n) is 8.04. The normalized spacial score (nSPS) is 20.5. The smallest absolute Gasteiger partial charge is 0.404 e. The number of carbonyl (C=O) groups is 2. The summed E-state index contributed by atoms with van der Waals surface area (Å²) in [4.78, 5) is 27.3. The lowest BCUT2D eigenvalue weighted by molar-refractivity contribution is 0.0711. The van der Waals surface area contributed by atoms with Gasteiger partial charge >= 0.3 is 6.09 Å². The summed E-state index contributed by atoms with van der Waals surface area (Å²) in [5.74, 6) is -0.193. The molecule has 1 heterocycles. The molecule has 0 bridgehead atoms. The monoisotopic (exact) mass is 354 g/mol. The Kier molecular flexibility index (Phi) is 6.25. The highest BCUT2D eigenvalue weighted by molar-refractivity contribution is 6.29. The van der Waals surface area contributed by atoms with Crippen molar-refractivity contribution >= 4 is 29.3 Å². The number of pyridine rings is 1. The van der Waals surface area contributed by atoms with Crippen molar-refractivity contribution in [3.8, 4) is 0 Å². The van der Waals surface area contributed by atoms with Crippen LogP contribution in [0.4, 0.5) is 10.5 Å². The second-order valence-electron chi connectivity index (χ2n) is 6.24. The Balaban J connectivity index is 1.97. The van der Waals surface area contributed by atoms with Crippen LogP contribution in [0.2, 0.25) is 5.15 Å². The number of halogens is 1. The number of hydrogen-bond donors (Lipinski definition) is 3. The van der Waals surface area contributed by atoms with Crippen molar-refractivity contribution in [3.05, 3.63) is 23.0 Å². The molecule has 1 aliphatic rings. The second-order valence-corrected chi connectivity index (χ2v) is 6.62. The third kappa shape index (κ3) is 5.26. The standard InChI is InChI=1S/C16H23ClN4O3/c1-9(2)20-13-7-14(17)19-8-12(13)15(22)21-10-3-5-11(6-4-10)24-16(18)23/h7-11H,3-6H2,1-2H3,(H2,18,23)(H,19,20)(H,21,22). The molecule has 2 rings (SSSR count). The van der Waals surface area contributed by atoms with E-state index in [1.807, 2.05) is 13.8 Å². The van der Waals surface area contributed by atoms with E-state index in [1.54, 1.807) is 6.07 Å². The molecule has 24 heavy (non-hydrogen) atoms. The average Bonchev–Trinajstić information content (AvgIpc) is 2.48. The Labute approximate surface area is 146 Å². The molecule has 0 radical (unpaired) electrons. The number of hydrogen-bond acceptors (Lipinski definition) is 5. The number of rotatable bonds is 5. The molecule has 1 aromatic heterocycles. The SMILES string of the molecule is CC(C)Nc1cc(Cl)ncc1C(=O)NC1CCC(OC(N)=O)CC1. The highest BCUT2D eigenvalue weighted by Gasteiger charge is 2.25.